The van der Waals surface area contributed by atoms with Crippen molar-refractivity contribution in [2.24, 2.45) is 0 Å². The van der Waals surface area contributed by atoms with E-state index in [1.165, 1.54) is 0 Å². The van der Waals surface area contributed by atoms with Gasteiger partial charge in [0.15, 0.2) is 18.1 Å². The number of hydrogen-bond donors (Lipinski definition) is 1. The van der Waals surface area contributed by atoms with Gasteiger partial charge in [-0.1, -0.05) is 24.3 Å². The zero-order valence-electron chi connectivity index (χ0n) is 14.8. The first-order chi connectivity index (χ1) is 13.2. The van der Waals surface area contributed by atoms with Crippen LogP contribution in [0.3, 0.4) is 0 Å². The van der Waals surface area contributed by atoms with E-state index in [-0.39, 0.29) is 25.7 Å². The predicted molar refractivity (Wildman–Crippen MR) is 96.5 cm³/mol. The summed E-state index contributed by atoms with van der Waals surface area (Å²) in [5.74, 6) is 1.32. The molecular weight excluding hydrogens is 350 g/mol. The molecule has 7 nitrogen and oxygen atoms in total. The molecule has 0 spiro atoms. The summed E-state index contributed by atoms with van der Waals surface area (Å²) in [6.07, 6.45) is 0.717. The Morgan fingerprint density at radius 3 is 2.70 bits per heavy atom. The van der Waals surface area contributed by atoms with Gasteiger partial charge in [-0.15, -0.1) is 0 Å². The first-order valence-electron chi connectivity index (χ1n) is 8.69. The quantitative estimate of drug-likeness (QED) is 0.538. The Bertz CT molecular complexity index is 777. The Morgan fingerprint density at radius 1 is 1.04 bits per heavy atom. The molecule has 0 fully saturated rings. The Kier molecular flexibility index (Phi) is 6.51. The lowest BCUT2D eigenvalue weighted by Crippen LogP contribution is -2.28. The largest absolute Gasteiger partial charge is 0.494 e. The molecule has 0 saturated heterocycles. The lowest BCUT2D eigenvalue weighted by Gasteiger charge is -2.08. The van der Waals surface area contributed by atoms with Gasteiger partial charge >= 0.3 is 5.97 Å². The van der Waals surface area contributed by atoms with Crippen LogP contribution in [0.4, 0.5) is 0 Å². The molecule has 2 aromatic rings. The van der Waals surface area contributed by atoms with Crippen molar-refractivity contribution in [1.82, 2.24) is 5.32 Å². The fourth-order valence-corrected chi connectivity index (χ4v) is 2.44. The maximum Gasteiger partial charge on any atom is 0.306 e. The standard InChI is InChI=1S/C20H21NO6/c22-19(21-12-15-8-9-17-18(11-15)27-14-26-17)13-25-20(23)7-4-10-24-16-5-2-1-3-6-16/h1-3,5-6,8-9,11H,4,7,10,12-14H2,(H,21,22). The Morgan fingerprint density at radius 2 is 1.85 bits per heavy atom. The SMILES string of the molecule is O=C(COC(=O)CCCOc1ccccc1)NCc1ccc2c(c1)OCO2. The zero-order chi connectivity index (χ0) is 18.9. The highest BCUT2D eigenvalue weighted by molar-refractivity contribution is 5.80. The van der Waals surface area contributed by atoms with Crippen LogP contribution >= 0.6 is 0 Å². The van der Waals surface area contributed by atoms with Crippen molar-refractivity contribution in [2.75, 3.05) is 20.0 Å². The van der Waals surface area contributed by atoms with Crippen molar-refractivity contribution in [3.8, 4) is 17.2 Å². The molecule has 0 bridgehead atoms. The van der Waals surface area contributed by atoms with Gasteiger partial charge in [0.1, 0.15) is 5.75 Å². The fourth-order valence-electron chi connectivity index (χ4n) is 2.44. The number of rotatable bonds is 9. The number of hydrogen-bond acceptors (Lipinski definition) is 6. The third-order valence-electron chi connectivity index (χ3n) is 3.83. The maximum atomic E-state index is 11.8. The van der Waals surface area contributed by atoms with E-state index in [1.54, 1.807) is 12.1 Å². The minimum absolute atomic E-state index is 0.197. The van der Waals surface area contributed by atoms with E-state index >= 15 is 0 Å². The minimum Gasteiger partial charge on any atom is -0.494 e. The summed E-state index contributed by atoms with van der Waals surface area (Å²) in [6, 6.07) is 14.8. The van der Waals surface area contributed by atoms with Crippen LogP contribution in [0.5, 0.6) is 17.2 Å². The normalized spacial score (nSPS) is 11.7. The first kappa shape index (κ1) is 18.6. The van der Waals surface area contributed by atoms with Crippen molar-refractivity contribution < 1.29 is 28.5 Å². The van der Waals surface area contributed by atoms with E-state index in [2.05, 4.69) is 5.32 Å². The summed E-state index contributed by atoms with van der Waals surface area (Å²) in [5.41, 5.74) is 0.872. The molecule has 7 heteroatoms. The van der Waals surface area contributed by atoms with Gasteiger partial charge in [-0.2, -0.15) is 0 Å². The lowest BCUT2D eigenvalue weighted by molar-refractivity contribution is -0.148. The summed E-state index contributed by atoms with van der Waals surface area (Å²) in [5, 5.41) is 2.70. The van der Waals surface area contributed by atoms with Gasteiger partial charge < -0.3 is 24.3 Å². The Labute approximate surface area is 157 Å². The second-order valence-electron chi connectivity index (χ2n) is 5.89. The third-order valence-corrected chi connectivity index (χ3v) is 3.83. The molecule has 0 unspecified atom stereocenters. The third kappa shape index (κ3) is 5.91. The van der Waals surface area contributed by atoms with Gasteiger partial charge in [0.25, 0.3) is 5.91 Å². The van der Waals surface area contributed by atoms with Crippen molar-refractivity contribution in [1.29, 1.82) is 0 Å². The van der Waals surface area contributed by atoms with Gasteiger partial charge in [-0.3, -0.25) is 9.59 Å². The number of carbonyl (C=O) groups is 2. The van der Waals surface area contributed by atoms with E-state index in [9.17, 15) is 9.59 Å². The van der Waals surface area contributed by atoms with Gasteiger partial charge in [0, 0.05) is 13.0 Å². The molecule has 1 aliphatic heterocycles. The first-order valence-corrected chi connectivity index (χ1v) is 8.69. The number of para-hydroxylation sites is 1. The molecule has 0 atom stereocenters. The van der Waals surface area contributed by atoms with Crippen LogP contribution in [0, 0.1) is 0 Å². The monoisotopic (exact) mass is 371 g/mol. The molecule has 27 heavy (non-hydrogen) atoms. The molecule has 0 saturated carbocycles. The predicted octanol–water partition coefficient (Wildman–Crippen LogP) is 2.43. The molecular formula is C20H21NO6. The van der Waals surface area contributed by atoms with Gasteiger partial charge in [0.05, 0.1) is 6.61 Å². The number of fused-ring (bicyclic) bond motifs is 1. The number of benzene rings is 2. The van der Waals surface area contributed by atoms with Crippen LogP contribution in [-0.4, -0.2) is 31.9 Å². The Hall–Kier alpha value is -3.22. The molecule has 142 valence electrons. The summed E-state index contributed by atoms with van der Waals surface area (Å²) >= 11 is 0. The number of ether oxygens (including phenoxy) is 4. The fraction of sp³-hybridized carbons (Fsp3) is 0.300. The van der Waals surface area contributed by atoms with Crippen molar-refractivity contribution in [3.63, 3.8) is 0 Å². The molecule has 1 N–H and O–H groups in total. The van der Waals surface area contributed by atoms with E-state index in [1.807, 2.05) is 36.4 Å². The van der Waals surface area contributed by atoms with Crippen molar-refractivity contribution >= 4 is 11.9 Å². The van der Waals surface area contributed by atoms with E-state index in [0.29, 0.717) is 31.1 Å². The highest BCUT2D eigenvalue weighted by Crippen LogP contribution is 2.32. The van der Waals surface area contributed by atoms with Crippen LogP contribution in [0.2, 0.25) is 0 Å². The number of nitrogens with one attached hydrogen (secondary N) is 1. The molecule has 1 aliphatic rings. The second-order valence-corrected chi connectivity index (χ2v) is 5.89. The summed E-state index contributed by atoms with van der Waals surface area (Å²) in [6.45, 7) is 0.633. The molecule has 0 aromatic heterocycles. The maximum absolute atomic E-state index is 11.8. The summed E-state index contributed by atoms with van der Waals surface area (Å²) < 4.78 is 21.0. The smallest absolute Gasteiger partial charge is 0.306 e. The molecule has 0 radical (unpaired) electrons. The molecule has 1 heterocycles. The molecule has 2 aromatic carbocycles. The zero-order valence-corrected chi connectivity index (χ0v) is 14.8. The summed E-state index contributed by atoms with van der Waals surface area (Å²) in [4.78, 5) is 23.5. The van der Waals surface area contributed by atoms with Gasteiger partial charge in [0.2, 0.25) is 6.79 Å². The second kappa shape index (κ2) is 9.47. The summed E-state index contributed by atoms with van der Waals surface area (Å²) in [7, 11) is 0. The minimum atomic E-state index is -0.426. The number of esters is 1. The van der Waals surface area contributed by atoms with Crippen LogP contribution < -0.4 is 19.5 Å². The van der Waals surface area contributed by atoms with Crippen LogP contribution in [-0.2, 0) is 20.9 Å². The van der Waals surface area contributed by atoms with Gasteiger partial charge in [-0.25, -0.2) is 0 Å². The highest BCUT2D eigenvalue weighted by Gasteiger charge is 2.13. The molecule has 0 aliphatic carbocycles. The van der Waals surface area contributed by atoms with E-state index < -0.39 is 5.97 Å². The molecule has 3 rings (SSSR count). The van der Waals surface area contributed by atoms with Crippen LogP contribution in [0.15, 0.2) is 48.5 Å². The van der Waals surface area contributed by atoms with Gasteiger partial charge in [-0.05, 0) is 36.2 Å². The van der Waals surface area contributed by atoms with Crippen molar-refractivity contribution in [2.45, 2.75) is 19.4 Å². The average Bonchev–Trinajstić information content (AvgIpc) is 3.17. The highest BCUT2D eigenvalue weighted by atomic mass is 16.7. The Balaban J connectivity index is 1.28. The average molecular weight is 371 g/mol. The number of carbonyl (C=O) groups excluding carboxylic acids is 2. The van der Waals surface area contributed by atoms with E-state index in [4.69, 9.17) is 18.9 Å². The lowest BCUT2D eigenvalue weighted by atomic mass is 10.2. The van der Waals surface area contributed by atoms with Crippen LogP contribution in [0.25, 0.3) is 0 Å². The topological polar surface area (TPSA) is 83.1 Å². The number of amides is 1. The van der Waals surface area contributed by atoms with Crippen molar-refractivity contribution in [3.05, 3.63) is 54.1 Å². The van der Waals surface area contributed by atoms with E-state index in [0.717, 1.165) is 11.3 Å². The molecule has 1 amide bonds. The van der Waals surface area contributed by atoms with Crippen LogP contribution in [0.1, 0.15) is 18.4 Å².